The number of aryl methyl sites for hydroxylation is 1. The number of nitrogens with zero attached hydrogens (tertiary/aromatic N) is 3. The third-order valence-corrected chi connectivity index (χ3v) is 3.52. The highest BCUT2D eigenvalue weighted by Crippen LogP contribution is 2.05. The molecule has 0 radical (unpaired) electrons. The van der Waals surface area contributed by atoms with Crippen LogP contribution in [0.4, 0.5) is 0 Å². The number of rotatable bonds is 7. The van der Waals surface area contributed by atoms with E-state index in [9.17, 15) is 0 Å². The molecule has 2 rings (SSSR count). The molecular weight excluding hydrogens is 413 g/mol. The Labute approximate surface area is 162 Å². The largest absolute Gasteiger partial charge is 0.357 e. The average molecular weight is 441 g/mol. The molecule has 0 fully saturated rings. The minimum Gasteiger partial charge on any atom is -0.357 e. The van der Waals surface area contributed by atoms with E-state index in [1.165, 1.54) is 11.1 Å². The Morgan fingerprint density at radius 1 is 1.29 bits per heavy atom. The van der Waals surface area contributed by atoms with Gasteiger partial charge in [-0.05, 0) is 31.4 Å². The SMILES string of the molecule is CCNC(=NCc1cccc(C)c1)NCC(C)Cn1cccn1.I. The highest BCUT2D eigenvalue weighted by Gasteiger charge is 2.05. The molecule has 0 saturated heterocycles. The van der Waals surface area contributed by atoms with Gasteiger partial charge in [0.2, 0.25) is 0 Å². The summed E-state index contributed by atoms with van der Waals surface area (Å²) in [4.78, 5) is 4.67. The molecule has 24 heavy (non-hydrogen) atoms. The number of aromatic nitrogens is 2. The summed E-state index contributed by atoms with van der Waals surface area (Å²) in [6, 6.07) is 10.4. The summed E-state index contributed by atoms with van der Waals surface area (Å²) in [5.41, 5.74) is 2.50. The molecule has 0 aliphatic heterocycles. The van der Waals surface area contributed by atoms with Crippen molar-refractivity contribution in [2.24, 2.45) is 10.9 Å². The zero-order chi connectivity index (χ0) is 16.5. The second kappa shape index (κ2) is 11.1. The van der Waals surface area contributed by atoms with Gasteiger partial charge >= 0.3 is 0 Å². The molecule has 132 valence electrons. The van der Waals surface area contributed by atoms with Crippen molar-refractivity contribution in [3.63, 3.8) is 0 Å². The normalized spacial score (nSPS) is 12.4. The molecule has 2 aromatic rings. The van der Waals surface area contributed by atoms with Crippen molar-refractivity contribution < 1.29 is 0 Å². The lowest BCUT2D eigenvalue weighted by atomic mass is 10.1. The first-order valence-electron chi connectivity index (χ1n) is 8.22. The Balaban J connectivity index is 0.00000288. The fourth-order valence-electron chi connectivity index (χ4n) is 2.39. The quantitative estimate of drug-likeness (QED) is 0.394. The number of nitrogens with one attached hydrogen (secondary N) is 2. The van der Waals surface area contributed by atoms with Crippen LogP contribution < -0.4 is 10.6 Å². The van der Waals surface area contributed by atoms with Crippen molar-refractivity contribution in [2.75, 3.05) is 13.1 Å². The first kappa shape index (κ1) is 20.5. The maximum Gasteiger partial charge on any atom is 0.191 e. The number of hydrogen-bond acceptors (Lipinski definition) is 2. The highest BCUT2D eigenvalue weighted by molar-refractivity contribution is 14.0. The van der Waals surface area contributed by atoms with E-state index in [0.717, 1.165) is 25.6 Å². The summed E-state index contributed by atoms with van der Waals surface area (Å²) in [5, 5.41) is 11.0. The van der Waals surface area contributed by atoms with Crippen LogP contribution in [0.25, 0.3) is 0 Å². The van der Waals surface area contributed by atoms with Crippen LogP contribution in [-0.4, -0.2) is 28.8 Å². The molecule has 1 aromatic carbocycles. The lowest BCUT2D eigenvalue weighted by Gasteiger charge is -2.16. The molecule has 1 aromatic heterocycles. The fraction of sp³-hybridized carbons (Fsp3) is 0.444. The van der Waals surface area contributed by atoms with Gasteiger partial charge in [0.15, 0.2) is 5.96 Å². The van der Waals surface area contributed by atoms with E-state index in [2.05, 4.69) is 65.8 Å². The molecule has 5 nitrogen and oxygen atoms in total. The van der Waals surface area contributed by atoms with Crippen molar-refractivity contribution in [1.82, 2.24) is 20.4 Å². The Bertz CT molecular complexity index is 610. The van der Waals surface area contributed by atoms with Gasteiger partial charge in [-0.1, -0.05) is 36.8 Å². The number of guanidine groups is 1. The third-order valence-electron chi connectivity index (χ3n) is 3.52. The van der Waals surface area contributed by atoms with Crippen LogP contribution in [-0.2, 0) is 13.1 Å². The van der Waals surface area contributed by atoms with Crippen LogP contribution in [0.3, 0.4) is 0 Å². The molecule has 1 heterocycles. The molecule has 0 aliphatic rings. The summed E-state index contributed by atoms with van der Waals surface area (Å²) < 4.78 is 1.96. The van der Waals surface area contributed by atoms with Gasteiger partial charge in [0, 0.05) is 32.0 Å². The minimum atomic E-state index is 0. The topological polar surface area (TPSA) is 54.2 Å². The van der Waals surface area contributed by atoms with Crippen LogP contribution in [0, 0.1) is 12.8 Å². The Morgan fingerprint density at radius 3 is 2.79 bits per heavy atom. The molecule has 1 atom stereocenters. The van der Waals surface area contributed by atoms with Crippen molar-refractivity contribution in [3.05, 3.63) is 53.9 Å². The fourth-order valence-corrected chi connectivity index (χ4v) is 2.39. The Hall–Kier alpha value is -1.57. The van der Waals surface area contributed by atoms with E-state index in [1.807, 2.05) is 23.1 Å². The number of aliphatic imine (C=N–C) groups is 1. The maximum atomic E-state index is 4.67. The van der Waals surface area contributed by atoms with Crippen molar-refractivity contribution in [2.45, 2.75) is 33.9 Å². The van der Waals surface area contributed by atoms with E-state index in [1.54, 1.807) is 0 Å². The van der Waals surface area contributed by atoms with Gasteiger partial charge in [-0.15, -0.1) is 24.0 Å². The van der Waals surface area contributed by atoms with Crippen LogP contribution in [0.2, 0.25) is 0 Å². The van der Waals surface area contributed by atoms with Gasteiger partial charge < -0.3 is 10.6 Å². The van der Waals surface area contributed by atoms with Gasteiger partial charge in [-0.3, -0.25) is 4.68 Å². The summed E-state index contributed by atoms with van der Waals surface area (Å²) in [5.74, 6) is 1.33. The van der Waals surface area contributed by atoms with Gasteiger partial charge in [-0.2, -0.15) is 5.10 Å². The monoisotopic (exact) mass is 441 g/mol. The summed E-state index contributed by atoms with van der Waals surface area (Å²) in [6.45, 7) is 9.69. The lowest BCUT2D eigenvalue weighted by molar-refractivity contribution is 0.443. The molecular formula is C18H28IN5. The first-order valence-corrected chi connectivity index (χ1v) is 8.22. The lowest BCUT2D eigenvalue weighted by Crippen LogP contribution is -2.40. The van der Waals surface area contributed by atoms with Gasteiger partial charge in [0.25, 0.3) is 0 Å². The summed E-state index contributed by atoms with van der Waals surface area (Å²) >= 11 is 0. The van der Waals surface area contributed by atoms with Gasteiger partial charge in [0.1, 0.15) is 0 Å². The predicted molar refractivity (Wildman–Crippen MR) is 111 cm³/mol. The van der Waals surface area contributed by atoms with E-state index < -0.39 is 0 Å². The Kier molecular flexibility index (Phi) is 9.44. The van der Waals surface area contributed by atoms with Crippen LogP contribution in [0.1, 0.15) is 25.0 Å². The number of benzene rings is 1. The maximum absolute atomic E-state index is 4.67. The van der Waals surface area contributed by atoms with Crippen molar-refractivity contribution >= 4 is 29.9 Å². The van der Waals surface area contributed by atoms with E-state index >= 15 is 0 Å². The number of halogens is 1. The second-order valence-corrected chi connectivity index (χ2v) is 5.90. The van der Waals surface area contributed by atoms with Gasteiger partial charge in [0.05, 0.1) is 6.54 Å². The smallest absolute Gasteiger partial charge is 0.191 e. The first-order chi connectivity index (χ1) is 11.2. The molecule has 0 spiro atoms. The van der Waals surface area contributed by atoms with Crippen LogP contribution in [0.15, 0.2) is 47.7 Å². The van der Waals surface area contributed by atoms with E-state index in [-0.39, 0.29) is 24.0 Å². The van der Waals surface area contributed by atoms with Crippen molar-refractivity contribution in [3.8, 4) is 0 Å². The molecule has 0 bridgehead atoms. The molecule has 0 saturated carbocycles. The predicted octanol–water partition coefficient (Wildman–Crippen LogP) is 3.20. The van der Waals surface area contributed by atoms with Crippen molar-refractivity contribution in [1.29, 1.82) is 0 Å². The second-order valence-electron chi connectivity index (χ2n) is 5.90. The van der Waals surface area contributed by atoms with Crippen LogP contribution in [0.5, 0.6) is 0 Å². The molecule has 6 heteroatoms. The summed E-state index contributed by atoms with van der Waals surface area (Å²) in [7, 11) is 0. The average Bonchev–Trinajstić information content (AvgIpc) is 3.03. The van der Waals surface area contributed by atoms with Crippen LogP contribution >= 0.6 is 24.0 Å². The molecule has 1 unspecified atom stereocenters. The van der Waals surface area contributed by atoms with Gasteiger partial charge in [-0.25, -0.2) is 4.99 Å². The molecule has 2 N–H and O–H groups in total. The third kappa shape index (κ3) is 7.33. The minimum absolute atomic E-state index is 0. The number of hydrogen-bond donors (Lipinski definition) is 2. The molecule has 0 aliphatic carbocycles. The standard InChI is InChI=1S/C18H27N5.HI/c1-4-19-18(21-13-17-8-5-7-15(2)11-17)20-12-16(3)14-23-10-6-9-22-23;/h5-11,16H,4,12-14H2,1-3H3,(H2,19,20,21);1H. The van der Waals surface area contributed by atoms with E-state index in [4.69, 9.17) is 0 Å². The summed E-state index contributed by atoms with van der Waals surface area (Å²) in [6.07, 6.45) is 3.81. The highest BCUT2D eigenvalue weighted by atomic mass is 127. The molecule has 0 amide bonds. The Morgan fingerprint density at radius 2 is 2.12 bits per heavy atom. The van der Waals surface area contributed by atoms with E-state index in [0.29, 0.717) is 12.5 Å². The zero-order valence-electron chi connectivity index (χ0n) is 14.7. The zero-order valence-corrected chi connectivity index (χ0v) is 17.0.